The van der Waals surface area contributed by atoms with Crippen molar-refractivity contribution in [1.82, 2.24) is 14.5 Å². The van der Waals surface area contributed by atoms with Crippen LogP contribution in [0, 0.1) is 0 Å². The zero-order valence-corrected chi connectivity index (χ0v) is 14.7. The van der Waals surface area contributed by atoms with E-state index in [1.54, 1.807) is 0 Å². The Morgan fingerprint density at radius 2 is 2.00 bits per heavy atom. The van der Waals surface area contributed by atoms with Gasteiger partial charge in [-0.3, -0.25) is 4.79 Å². The van der Waals surface area contributed by atoms with E-state index in [1.807, 2.05) is 36.9 Å². The van der Waals surface area contributed by atoms with Crippen molar-refractivity contribution in [2.24, 2.45) is 0 Å². The van der Waals surface area contributed by atoms with Crippen LogP contribution in [0.2, 0.25) is 0 Å². The number of rotatable bonds is 4. The minimum atomic E-state index is 0.105. The second-order valence-corrected chi connectivity index (χ2v) is 6.91. The van der Waals surface area contributed by atoms with Crippen LogP contribution >= 0.6 is 11.8 Å². The first kappa shape index (κ1) is 16.3. The smallest absolute Gasteiger partial charge is 0.233 e. The van der Waals surface area contributed by atoms with E-state index in [0.717, 1.165) is 22.7 Å². The molecule has 1 aromatic heterocycles. The predicted octanol–water partition coefficient (Wildman–Crippen LogP) is 2.78. The molecule has 124 valence electrons. The highest BCUT2D eigenvalue weighted by atomic mass is 32.2. The molecule has 1 saturated heterocycles. The van der Waals surface area contributed by atoms with E-state index in [4.69, 9.17) is 4.74 Å². The van der Waals surface area contributed by atoms with Gasteiger partial charge >= 0.3 is 0 Å². The molecule has 1 fully saturated rings. The third-order valence-corrected chi connectivity index (χ3v) is 4.99. The Morgan fingerprint density at radius 1 is 1.30 bits per heavy atom. The van der Waals surface area contributed by atoms with E-state index in [-0.39, 0.29) is 18.1 Å². The molecule has 1 aliphatic heterocycles. The average molecular weight is 333 g/mol. The molecular formula is C17H23N3O2S. The number of aromatic nitrogens is 2. The summed E-state index contributed by atoms with van der Waals surface area (Å²) in [5, 5.41) is 0.913. The monoisotopic (exact) mass is 333 g/mol. The summed E-state index contributed by atoms with van der Waals surface area (Å²) in [6.07, 6.45) is 0.209. The molecule has 0 bridgehead atoms. The Labute approximate surface area is 141 Å². The number of morpholine rings is 1. The molecule has 0 saturated carbocycles. The molecule has 2 unspecified atom stereocenters. The predicted molar refractivity (Wildman–Crippen MR) is 92.7 cm³/mol. The van der Waals surface area contributed by atoms with Gasteiger partial charge in [0.05, 0.1) is 29.0 Å². The molecule has 2 atom stereocenters. The number of nitrogens with zero attached hydrogens (tertiary/aromatic N) is 3. The summed E-state index contributed by atoms with van der Waals surface area (Å²) in [6, 6.07) is 8.10. The highest BCUT2D eigenvalue weighted by molar-refractivity contribution is 7.99. The molecule has 0 spiro atoms. The van der Waals surface area contributed by atoms with Crippen LogP contribution in [0.25, 0.3) is 11.0 Å². The number of ether oxygens (including phenoxy) is 1. The molecule has 1 aromatic carbocycles. The molecule has 2 aromatic rings. The number of benzene rings is 1. The largest absolute Gasteiger partial charge is 0.372 e. The second kappa shape index (κ2) is 6.93. The number of para-hydroxylation sites is 2. The average Bonchev–Trinajstić information content (AvgIpc) is 2.89. The minimum Gasteiger partial charge on any atom is -0.372 e. The highest BCUT2D eigenvalue weighted by Gasteiger charge is 2.26. The summed E-state index contributed by atoms with van der Waals surface area (Å²) in [6.45, 7) is 8.33. The fraction of sp³-hybridized carbons (Fsp3) is 0.529. The van der Waals surface area contributed by atoms with Crippen molar-refractivity contribution in [2.45, 2.75) is 44.7 Å². The van der Waals surface area contributed by atoms with Crippen molar-refractivity contribution >= 4 is 28.7 Å². The van der Waals surface area contributed by atoms with E-state index >= 15 is 0 Å². The lowest BCUT2D eigenvalue weighted by molar-refractivity contribution is -0.140. The van der Waals surface area contributed by atoms with E-state index in [1.165, 1.54) is 11.8 Å². The molecule has 3 rings (SSSR count). The Kier molecular flexibility index (Phi) is 4.92. The molecule has 6 heteroatoms. The van der Waals surface area contributed by atoms with Gasteiger partial charge in [-0.05, 0) is 32.9 Å². The standard InChI is InChI=1S/C17H23N3O2S/c1-4-20-15-8-6-5-7-14(15)18-17(20)23-11-16(21)19-9-12(2)22-13(3)10-19/h5-8,12-13H,4,9-11H2,1-3H3. The number of carbonyl (C=O) groups is 1. The van der Waals surface area contributed by atoms with Gasteiger partial charge in [0, 0.05) is 19.6 Å². The van der Waals surface area contributed by atoms with E-state index in [9.17, 15) is 4.79 Å². The van der Waals surface area contributed by atoms with Gasteiger partial charge in [0.1, 0.15) is 0 Å². The maximum absolute atomic E-state index is 12.5. The van der Waals surface area contributed by atoms with Crippen LogP contribution in [0.1, 0.15) is 20.8 Å². The van der Waals surface area contributed by atoms with Crippen molar-refractivity contribution < 1.29 is 9.53 Å². The van der Waals surface area contributed by atoms with Crippen LogP contribution in [0.5, 0.6) is 0 Å². The maximum Gasteiger partial charge on any atom is 0.233 e. The quantitative estimate of drug-likeness (QED) is 0.807. The summed E-state index contributed by atoms with van der Waals surface area (Å²) < 4.78 is 7.85. The third kappa shape index (κ3) is 3.53. The molecule has 0 aliphatic carbocycles. The molecule has 5 nitrogen and oxygen atoms in total. The van der Waals surface area contributed by atoms with Gasteiger partial charge in [-0.2, -0.15) is 0 Å². The number of thioether (sulfide) groups is 1. The lowest BCUT2D eigenvalue weighted by Crippen LogP contribution is -2.48. The minimum absolute atomic E-state index is 0.105. The number of amides is 1. The van der Waals surface area contributed by atoms with Crippen LogP contribution in [-0.4, -0.2) is 51.4 Å². The van der Waals surface area contributed by atoms with Crippen LogP contribution in [0.4, 0.5) is 0 Å². The van der Waals surface area contributed by atoms with Gasteiger partial charge in [0.2, 0.25) is 5.91 Å². The van der Waals surface area contributed by atoms with E-state index in [2.05, 4.69) is 22.5 Å². The first-order valence-corrected chi connectivity index (χ1v) is 9.08. The number of imidazole rings is 1. The first-order chi connectivity index (χ1) is 11.1. The van der Waals surface area contributed by atoms with Gasteiger partial charge in [-0.1, -0.05) is 23.9 Å². The van der Waals surface area contributed by atoms with Crippen molar-refractivity contribution in [1.29, 1.82) is 0 Å². The number of carbonyl (C=O) groups excluding carboxylic acids is 1. The lowest BCUT2D eigenvalue weighted by Gasteiger charge is -2.35. The lowest BCUT2D eigenvalue weighted by atomic mass is 10.2. The number of fused-ring (bicyclic) bond motifs is 1. The van der Waals surface area contributed by atoms with E-state index in [0.29, 0.717) is 18.8 Å². The van der Waals surface area contributed by atoms with Crippen LogP contribution in [-0.2, 0) is 16.1 Å². The van der Waals surface area contributed by atoms with Crippen LogP contribution in [0.15, 0.2) is 29.4 Å². The van der Waals surface area contributed by atoms with Crippen molar-refractivity contribution in [2.75, 3.05) is 18.8 Å². The Morgan fingerprint density at radius 3 is 2.70 bits per heavy atom. The topological polar surface area (TPSA) is 47.4 Å². The molecule has 0 radical (unpaired) electrons. The van der Waals surface area contributed by atoms with Gasteiger partial charge in [0.25, 0.3) is 0 Å². The summed E-state index contributed by atoms with van der Waals surface area (Å²) in [4.78, 5) is 19.1. The fourth-order valence-corrected chi connectivity index (χ4v) is 4.05. The molecular weight excluding hydrogens is 310 g/mol. The van der Waals surface area contributed by atoms with Gasteiger partial charge in [-0.25, -0.2) is 4.98 Å². The van der Waals surface area contributed by atoms with Crippen molar-refractivity contribution in [3.05, 3.63) is 24.3 Å². The summed E-state index contributed by atoms with van der Waals surface area (Å²) >= 11 is 1.52. The maximum atomic E-state index is 12.5. The van der Waals surface area contributed by atoms with Crippen molar-refractivity contribution in [3.8, 4) is 0 Å². The molecule has 1 aliphatic rings. The molecule has 2 heterocycles. The normalized spacial score (nSPS) is 21.8. The van der Waals surface area contributed by atoms with Crippen molar-refractivity contribution in [3.63, 3.8) is 0 Å². The number of hydrogen-bond acceptors (Lipinski definition) is 4. The van der Waals surface area contributed by atoms with Gasteiger partial charge < -0.3 is 14.2 Å². The SMILES string of the molecule is CCn1c(SCC(=O)N2CC(C)OC(C)C2)nc2ccccc21. The Bertz CT molecular complexity index is 690. The van der Waals surface area contributed by atoms with Gasteiger partial charge in [0.15, 0.2) is 5.16 Å². The summed E-state index contributed by atoms with van der Waals surface area (Å²) in [5.74, 6) is 0.578. The van der Waals surface area contributed by atoms with Crippen LogP contribution in [0.3, 0.4) is 0 Å². The first-order valence-electron chi connectivity index (χ1n) is 8.09. The highest BCUT2D eigenvalue weighted by Crippen LogP contribution is 2.24. The Hall–Kier alpha value is -1.53. The second-order valence-electron chi connectivity index (χ2n) is 5.97. The van der Waals surface area contributed by atoms with Crippen LogP contribution < -0.4 is 0 Å². The number of aryl methyl sites for hydroxylation is 1. The Balaban J connectivity index is 1.69. The molecule has 0 N–H and O–H groups in total. The third-order valence-electron chi connectivity index (χ3n) is 4.03. The molecule has 23 heavy (non-hydrogen) atoms. The number of hydrogen-bond donors (Lipinski definition) is 0. The van der Waals surface area contributed by atoms with Gasteiger partial charge in [-0.15, -0.1) is 0 Å². The summed E-state index contributed by atoms with van der Waals surface area (Å²) in [7, 11) is 0. The fourth-order valence-electron chi connectivity index (χ4n) is 3.07. The molecule has 1 amide bonds. The van der Waals surface area contributed by atoms with E-state index < -0.39 is 0 Å². The zero-order chi connectivity index (χ0) is 16.4. The summed E-state index contributed by atoms with van der Waals surface area (Å²) in [5.41, 5.74) is 2.11. The zero-order valence-electron chi connectivity index (χ0n) is 13.9.